The summed E-state index contributed by atoms with van der Waals surface area (Å²) < 4.78 is 10.4. The van der Waals surface area contributed by atoms with Gasteiger partial charge in [0.1, 0.15) is 5.75 Å². The number of ether oxygens (including phenoxy) is 2. The lowest BCUT2D eigenvalue weighted by atomic mass is 10.2. The smallest absolute Gasteiger partial charge is 0.323 e. The summed E-state index contributed by atoms with van der Waals surface area (Å²) in [6.07, 6.45) is 0. The molecule has 1 aromatic carbocycles. The number of hydrogen-bond acceptors (Lipinski definition) is 5. The highest BCUT2D eigenvalue weighted by Crippen LogP contribution is 2.26. The molecule has 1 aliphatic heterocycles. The van der Waals surface area contributed by atoms with Crippen LogP contribution in [0.15, 0.2) is 29.6 Å². The van der Waals surface area contributed by atoms with Crippen LogP contribution >= 0.6 is 11.3 Å². The molecule has 0 aliphatic carbocycles. The molecule has 2 heterocycles. The molecule has 1 aromatic heterocycles. The van der Waals surface area contributed by atoms with Crippen LogP contribution in [0.3, 0.4) is 0 Å². The Kier molecular flexibility index (Phi) is 4.55. The van der Waals surface area contributed by atoms with Gasteiger partial charge in [0.05, 0.1) is 26.0 Å². The number of aromatic nitrogens is 1. The third-order valence-corrected chi connectivity index (χ3v) is 4.16. The van der Waals surface area contributed by atoms with Gasteiger partial charge in [0.15, 0.2) is 5.13 Å². The number of rotatable bonds is 3. The Morgan fingerprint density at radius 2 is 2.05 bits per heavy atom. The number of methoxy groups -OCH3 is 1. The van der Waals surface area contributed by atoms with E-state index in [2.05, 4.69) is 10.3 Å². The first-order valence-corrected chi connectivity index (χ1v) is 7.88. The second-order valence-electron chi connectivity index (χ2n) is 4.80. The van der Waals surface area contributed by atoms with Gasteiger partial charge in [0.2, 0.25) is 0 Å². The van der Waals surface area contributed by atoms with Crippen molar-refractivity contribution in [3.8, 4) is 17.0 Å². The molecular formula is C15H17N3O3S. The Bertz CT molecular complexity index is 636. The zero-order chi connectivity index (χ0) is 15.4. The van der Waals surface area contributed by atoms with E-state index >= 15 is 0 Å². The van der Waals surface area contributed by atoms with Crippen LogP contribution in [-0.2, 0) is 4.74 Å². The topological polar surface area (TPSA) is 63.7 Å². The monoisotopic (exact) mass is 319 g/mol. The van der Waals surface area contributed by atoms with Gasteiger partial charge in [0.25, 0.3) is 0 Å². The molecule has 0 unspecified atom stereocenters. The molecule has 6 nitrogen and oxygen atoms in total. The summed E-state index contributed by atoms with van der Waals surface area (Å²) in [4.78, 5) is 18.3. The van der Waals surface area contributed by atoms with Gasteiger partial charge in [-0.05, 0) is 24.3 Å². The predicted molar refractivity (Wildman–Crippen MR) is 85.5 cm³/mol. The number of carbonyl (C=O) groups is 1. The summed E-state index contributed by atoms with van der Waals surface area (Å²) in [6.45, 7) is 2.40. The van der Waals surface area contributed by atoms with Crippen molar-refractivity contribution in [2.75, 3.05) is 38.7 Å². The number of hydrogen-bond donors (Lipinski definition) is 1. The first-order chi connectivity index (χ1) is 10.8. The Labute approximate surface area is 132 Å². The molecule has 7 heteroatoms. The number of anilines is 1. The lowest BCUT2D eigenvalue weighted by molar-refractivity contribution is 0.0564. The average Bonchev–Trinajstić information content (AvgIpc) is 3.04. The second-order valence-corrected chi connectivity index (χ2v) is 5.65. The third-order valence-electron chi connectivity index (χ3n) is 3.40. The first-order valence-electron chi connectivity index (χ1n) is 7.00. The molecule has 0 atom stereocenters. The van der Waals surface area contributed by atoms with Crippen LogP contribution in [0, 0.1) is 0 Å². The quantitative estimate of drug-likeness (QED) is 0.945. The molecule has 2 aromatic rings. The van der Waals surface area contributed by atoms with E-state index in [4.69, 9.17) is 9.47 Å². The zero-order valence-electron chi connectivity index (χ0n) is 12.2. The highest BCUT2D eigenvalue weighted by molar-refractivity contribution is 7.14. The first kappa shape index (κ1) is 14.8. The maximum atomic E-state index is 12.1. The maximum Gasteiger partial charge on any atom is 0.323 e. The lowest BCUT2D eigenvalue weighted by Crippen LogP contribution is -2.43. The number of urea groups is 1. The minimum Gasteiger partial charge on any atom is -0.497 e. The van der Waals surface area contributed by atoms with E-state index in [1.807, 2.05) is 29.6 Å². The van der Waals surface area contributed by atoms with Gasteiger partial charge in [-0.15, -0.1) is 11.3 Å². The number of morpholine rings is 1. The van der Waals surface area contributed by atoms with E-state index in [0.29, 0.717) is 31.4 Å². The van der Waals surface area contributed by atoms with E-state index in [9.17, 15) is 4.79 Å². The van der Waals surface area contributed by atoms with Crippen molar-refractivity contribution in [2.24, 2.45) is 0 Å². The Morgan fingerprint density at radius 1 is 1.32 bits per heavy atom. The molecule has 116 valence electrons. The highest BCUT2D eigenvalue weighted by Gasteiger charge is 2.18. The number of thiazole rings is 1. The molecule has 0 bridgehead atoms. The molecule has 0 saturated carbocycles. The van der Waals surface area contributed by atoms with Crippen molar-refractivity contribution in [1.29, 1.82) is 0 Å². The molecule has 1 saturated heterocycles. The summed E-state index contributed by atoms with van der Waals surface area (Å²) in [7, 11) is 1.64. The summed E-state index contributed by atoms with van der Waals surface area (Å²) in [6, 6.07) is 7.54. The zero-order valence-corrected chi connectivity index (χ0v) is 13.1. The fraction of sp³-hybridized carbons (Fsp3) is 0.333. The van der Waals surface area contributed by atoms with Crippen molar-refractivity contribution in [3.63, 3.8) is 0 Å². The average molecular weight is 319 g/mol. The van der Waals surface area contributed by atoms with E-state index < -0.39 is 0 Å². The van der Waals surface area contributed by atoms with Crippen LogP contribution in [0.5, 0.6) is 5.75 Å². The molecule has 2 amide bonds. The van der Waals surface area contributed by atoms with E-state index in [-0.39, 0.29) is 6.03 Å². The largest absolute Gasteiger partial charge is 0.497 e. The Balaban J connectivity index is 1.66. The number of carbonyl (C=O) groups excluding carboxylic acids is 1. The molecule has 22 heavy (non-hydrogen) atoms. The van der Waals surface area contributed by atoms with Gasteiger partial charge in [-0.25, -0.2) is 9.78 Å². The van der Waals surface area contributed by atoms with E-state index in [0.717, 1.165) is 17.0 Å². The molecule has 1 aliphatic rings. The standard InChI is InChI=1S/C15H17N3O3S/c1-20-12-4-2-11(3-5-12)13-10-22-14(16-13)17-15(19)18-6-8-21-9-7-18/h2-5,10H,6-9H2,1H3,(H,16,17,19). The van der Waals surface area contributed by atoms with Gasteiger partial charge >= 0.3 is 6.03 Å². The minimum atomic E-state index is -0.126. The molecule has 1 fully saturated rings. The van der Waals surface area contributed by atoms with Gasteiger partial charge < -0.3 is 14.4 Å². The number of benzene rings is 1. The van der Waals surface area contributed by atoms with Crippen LogP contribution < -0.4 is 10.1 Å². The normalized spacial score (nSPS) is 14.7. The van der Waals surface area contributed by atoms with Crippen LogP contribution in [0.4, 0.5) is 9.93 Å². The maximum absolute atomic E-state index is 12.1. The van der Waals surface area contributed by atoms with Crippen molar-refractivity contribution in [2.45, 2.75) is 0 Å². The number of nitrogens with one attached hydrogen (secondary N) is 1. The Hall–Kier alpha value is -2.12. The fourth-order valence-corrected chi connectivity index (χ4v) is 2.87. The van der Waals surface area contributed by atoms with E-state index in [1.165, 1.54) is 11.3 Å². The van der Waals surface area contributed by atoms with Crippen molar-refractivity contribution in [1.82, 2.24) is 9.88 Å². The van der Waals surface area contributed by atoms with Crippen LogP contribution in [-0.4, -0.2) is 49.3 Å². The summed E-state index contributed by atoms with van der Waals surface area (Å²) in [5.74, 6) is 0.805. The van der Waals surface area contributed by atoms with Crippen LogP contribution in [0.1, 0.15) is 0 Å². The second kappa shape index (κ2) is 6.76. The van der Waals surface area contributed by atoms with Crippen LogP contribution in [0.2, 0.25) is 0 Å². The Morgan fingerprint density at radius 3 is 2.73 bits per heavy atom. The molecule has 3 rings (SSSR count). The summed E-state index contributed by atoms with van der Waals surface area (Å²) >= 11 is 1.41. The van der Waals surface area contributed by atoms with Gasteiger partial charge in [-0.3, -0.25) is 5.32 Å². The van der Waals surface area contributed by atoms with E-state index in [1.54, 1.807) is 12.0 Å². The molecule has 0 radical (unpaired) electrons. The van der Waals surface area contributed by atoms with Crippen molar-refractivity contribution < 1.29 is 14.3 Å². The molecule has 0 spiro atoms. The predicted octanol–water partition coefficient (Wildman–Crippen LogP) is 2.68. The number of amides is 2. The van der Waals surface area contributed by atoms with Crippen molar-refractivity contribution >= 4 is 22.5 Å². The third kappa shape index (κ3) is 3.37. The minimum absolute atomic E-state index is 0.126. The van der Waals surface area contributed by atoms with Gasteiger partial charge in [0, 0.05) is 24.0 Å². The molecular weight excluding hydrogens is 302 g/mol. The summed E-state index contributed by atoms with van der Waals surface area (Å²) in [5, 5.41) is 5.37. The van der Waals surface area contributed by atoms with Crippen molar-refractivity contribution in [3.05, 3.63) is 29.6 Å². The summed E-state index contributed by atoms with van der Waals surface area (Å²) in [5.41, 5.74) is 1.83. The van der Waals surface area contributed by atoms with Gasteiger partial charge in [-0.2, -0.15) is 0 Å². The molecule has 1 N–H and O–H groups in total. The fourth-order valence-electron chi connectivity index (χ4n) is 2.16. The SMILES string of the molecule is COc1ccc(-c2csc(NC(=O)N3CCOCC3)n2)cc1. The highest BCUT2D eigenvalue weighted by atomic mass is 32.1. The number of nitrogens with zero attached hydrogens (tertiary/aromatic N) is 2. The van der Waals surface area contributed by atoms with Gasteiger partial charge in [-0.1, -0.05) is 0 Å². The van der Waals surface area contributed by atoms with Crippen LogP contribution in [0.25, 0.3) is 11.3 Å². The lowest BCUT2D eigenvalue weighted by Gasteiger charge is -2.26.